The number of nitrogens with one attached hydrogen (secondary N) is 1. The Morgan fingerprint density at radius 2 is 1.86 bits per heavy atom. The molecule has 0 aliphatic heterocycles. The number of hydrogen-bond donors (Lipinski definition) is 1. The molecule has 1 N–H and O–H groups in total. The van der Waals surface area contributed by atoms with Crippen molar-refractivity contribution in [1.82, 2.24) is 24.9 Å². The topological polar surface area (TPSA) is 47.7 Å². The van der Waals surface area contributed by atoms with Gasteiger partial charge in [0.15, 0.2) is 0 Å². The van der Waals surface area contributed by atoms with E-state index in [2.05, 4.69) is 69.5 Å². The third-order valence-electron chi connectivity index (χ3n) is 3.82. The lowest BCUT2D eigenvalue weighted by molar-refractivity contribution is 0.353. The van der Waals surface area contributed by atoms with Crippen LogP contribution in [0.2, 0.25) is 0 Å². The van der Waals surface area contributed by atoms with Crippen LogP contribution in [0.1, 0.15) is 51.8 Å². The first-order valence-corrected chi connectivity index (χ1v) is 7.55. The molecular formula is C16H27N5. The summed E-state index contributed by atoms with van der Waals surface area (Å²) >= 11 is 0. The Hall–Kier alpha value is -1.62. The van der Waals surface area contributed by atoms with E-state index in [4.69, 9.17) is 0 Å². The standard InChI is InChI=1S/C16H27N5/c1-12-7-18-20(10-12)14(3)13(2)17-8-15-9-19-21(11-15)16(4,5)6/h7,9-11,13-14,17H,8H2,1-6H3/t13-,14+/m1/s1. The molecule has 0 spiro atoms. The molecule has 2 rings (SSSR count). The molecule has 0 amide bonds. The van der Waals surface area contributed by atoms with Crippen LogP contribution in [0.25, 0.3) is 0 Å². The quantitative estimate of drug-likeness (QED) is 0.920. The fourth-order valence-corrected chi connectivity index (χ4v) is 2.15. The molecule has 116 valence electrons. The number of aromatic nitrogens is 4. The van der Waals surface area contributed by atoms with Crippen LogP contribution in [0.3, 0.4) is 0 Å². The van der Waals surface area contributed by atoms with Crippen LogP contribution in [0.4, 0.5) is 0 Å². The number of aryl methyl sites for hydroxylation is 1. The van der Waals surface area contributed by atoms with E-state index in [-0.39, 0.29) is 5.54 Å². The first-order chi connectivity index (χ1) is 9.77. The van der Waals surface area contributed by atoms with Gasteiger partial charge in [-0.3, -0.25) is 9.36 Å². The van der Waals surface area contributed by atoms with Crippen LogP contribution < -0.4 is 5.32 Å². The van der Waals surface area contributed by atoms with E-state index in [0.29, 0.717) is 12.1 Å². The van der Waals surface area contributed by atoms with Crippen LogP contribution in [-0.2, 0) is 12.1 Å². The molecule has 0 aliphatic rings. The predicted octanol–water partition coefficient (Wildman–Crippen LogP) is 2.88. The molecule has 5 heteroatoms. The summed E-state index contributed by atoms with van der Waals surface area (Å²) in [6.07, 6.45) is 8.03. The van der Waals surface area contributed by atoms with Gasteiger partial charge in [0, 0.05) is 30.5 Å². The molecule has 2 aromatic rings. The summed E-state index contributed by atoms with van der Waals surface area (Å²) in [5.41, 5.74) is 2.44. The zero-order chi connectivity index (χ0) is 15.6. The molecule has 0 aliphatic carbocycles. The molecular weight excluding hydrogens is 262 g/mol. The van der Waals surface area contributed by atoms with E-state index in [0.717, 1.165) is 6.54 Å². The van der Waals surface area contributed by atoms with Gasteiger partial charge < -0.3 is 5.32 Å². The number of rotatable bonds is 5. The summed E-state index contributed by atoms with van der Waals surface area (Å²) in [5.74, 6) is 0. The Bertz CT molecular complexity index is 576. The van der Waals surface area contributed by atoms with Crippen molar-refractivity contribution < 1.29 is 0 Å². The SMILES string of the molecule is Cc1cnn([C@@H](C)[C@@H](C)NCc2cnn(C(C)(C)C)c2)c1. The fraction of sp³-hybridized carbons (Fsp3) is 0.625. The molecule has 2 heterocycles. The normalized spacial score (nSPS) is 15.1. The van der Waals surface area contributed by atoms with Crippen LogP contribution in [0.15, 0.2) is 24.8 Å². The van der Waals surface area contributed by atoms with Crippen molar-refractivity contribution in [3.63, 3.8) is 0 Å². The lowest BCUT2D eigenvalue weighted by atomic mass is 10.1. The zero-order valence-corrected chi connectivity index (χ0v) is 14.0. The third-order valence-corrected chi connectivity index (χ3v) is 3.82. The van der Waals surface area contributed by atoms with E-state index in [1.165, 1.54) is 11.1 Å². The molecule has 21 heavy (non-hydrogen) atoms. The second kappa shape index (κ2) is 6.02. The number of nitrogens with zero attached hydrogens (tertiary/aromatic N) is 4. The molecule has 0 saturated carbocycles. The van der Waals surface area contributed by atoms with E-state index in [9.17, 15) is 0 Å². The maximum Gasteiger partial charge on any atom is 0.0641 e. The van der Waals surface area contributed by atoms with Crippen molar-refractivity contribution in [2.75, 3.05) is 0 Å². The lowest BCUT2D eigenvalue weighted by Crippen LogP contribution is -2.33. The van der Waals surface area contributed by atoms with Gasteiger partial charge in [-0.1, -0.05) is 0 Å². The minimum Gasteiger partial charge on any atom is -0.308 e. The summed E-state index contributed by atoms with van der Waals surface area (Å²) in [7, 11) is 0. The largest absolute Gasteiger partial charge is 0.308 e. The third kappa shape index (κ3) is 3.94. The Balaban J connectivity index is 1.92. The highest BCUT2D eigenvalue weighted by molar-refractivity contribution is 5.05. The molecule has 2 aromatic heterocycles. The average molecular weight is 289 g/mol. The number of hydrogen-bond acceptors (Lipinski definition) is 3. The second-order valence-electron chi connectivity index (χ2n) is 6.87. The van der Waals surface area contributed by atoms with Crippen LogP contribution in [0.5, 0.6) is 0 Å². The minimum absolute atomic E-state index is 0.0315. The van der Waals surface area contributed by atoms with Gasteiger partial charge in [-0.25, -0.2) is 0 Å². The Kier molecular flexibility index (Phi) is 4.52. The molecule has 0 radical (unpaired) electrons. The van der Waals surface area contributed by atoms with Crippen molar-refractivity contribution in [2.45, 2.75) is 65.7 Å². The van der Waals surface area contributed by atoms with Crippen molar-refractivity contribution in [3.05, 3.63) is 35.9 Å². The highest BCUT2D eigenvalue weighted by atomic mass is 15.3. The molecule has 2 atom stereocenters. The van der Waals surface area contributed by atoms with Crippen molar-refractivity contribution >= 4 is 0 Å². The maximum atomic E-state index is 4.43. The van der Waals surface area contributed by atoms with E-state index >= 15 is 0 Å². The first-order valence-electron chi connectivity index (χ1n) is 7.55. The van der Waals surface area contributed by atoms with Gasteiger partial charge in [-0.2, -0.15) is 10.2 Å². The average Bonchev–Trinajstić information content (AvgIpc) is 3.03. The first kappa shape index (κ1) is 15.8. The molecule has 0 bridgehead atoms. The van der Waals surface area contributed by atoms with Gasteiger partial charge in [0.25, 0.3) is 0 Å². The van der Waals surface area contributed by atoms with Crippen molar-refractivity contribution in [2.24, 2.45) is 0 Å². The molecule has 0 fully saturated rings. The summed E-state index contributed by atoms with van der Waals surface area (Å²) in [6.45, 7) is 13.7. The highest BCUT2D eigenvalue weighted by Crippen LogP contribution is 2.14. The van der Waals surface area contributed by atoms with E-state index < -0.39 is 0 Å². The minimum atomic E-state index is 0.0315. The van der Waals surface area contributed by atoms with Crippen LogP contribution in [-0.4, -0.2) is 25.6 Å². The predicted molar refractivity (Wildman–Crippen MR) is 85.2 cm³/mol. The zero-order valence-electron chi connectivity index (χ0n) is 14.0. The Labute approximate surface area is 127 Å². The van der Waals surface area contributed by atoms with Gasteiger partial charge in [-0.15, -0.1) is 0 Å². The summed E-state index contributed by atoms with van der Waals surface area (Å²) in [6, 6.07) is 0.652. The van der Waals surface area contributed by atoms with E-state index in [1.807, 2.05) is 21.8 Å². The van der Waals surface area contributed by atoms with Gasteiger partial charge in [0.1, 0.15) is 0 Å². The van der Waals surface area contributed by atoms with Gasteiger partial charge in [-0.05, 0) is 47.1 Å². The van der Waals surface area contributed by atoms with Crippen molar-refractivity contribution in [3.8, 4) is 0 Å². The monoisotopic (exact) mass is 289 g/mol. The van der Waals surface area contributed by atoms with Crippen LogP contribution >= 0.6 is 0 Å². The van der Waals surface area contributed by atoms with E-state index in [1.54, 1.807) is 0 Å². The summed E-state index contributed by atoms with van der Waals surface area (Å²) < 4.78 is 4.03. The molecule has 5 nitrogen and oxygen atoms in total. The highest BCUT2D eigenvalue weighted by Gasteiger charge is 2.16. The Morgan fingerprint density at radius 3 is 2.38 bits per heavy atom. The summed E-state index contributed by atoms with van der Waals surface area (Å²) in [4.78, 5) is 0. The van der Waals surface area contributed by atoms with Gasteiger partial charge in [0.05, 0.1) is 24.0 Å². The fourth-order valence-electron chi connectivity index (χ4n) is 2.15. The van der Waals surface area contributed by atoms with Crippen LogP contribution in [0, 0.1) is 6.92 Å². The maximum absolute atomic E-state index is 4.43. The molecule has 0 aromatic carbocycles. The smallest absolute Gasteiger partial charge is 0.0641 e. The van der Waals surface area contributed by atoms with Crippen molar-refractivity contribution in [1.29, 1.82) is 0 Å². The second-order valence-corrected chi connectivity index (χ2v) is 6.87. The molecule has 0 saturated heterocycles. The van der Waals surface area contributed by atoms with Gasteiger partial charge >= 0.3 is 0 Å². The molecule has 0 unspecified atom stereocenters. The van der Waals surface area contributed by atoms with Gasteiger partial charge in [0.2, 0.25) is 0 Å². The Morgan fingerprint density at radius 1 is 1.14 bits per heavy atom. The summed E-state index contributed by atoms with van der Waals surface area (Å²) in [5, 5.41) is 12.4. The lowest BCUT2D eigenvalue weighted by Gasteiger charge is -2.21.